The van der Waals surface area contributed by atoms with Gasteiger partial charge in [-0.25, -0.2) is 4.79 Å². The molecule has 5 rings (SSSR count). The summed E-state index contributed by atoms with van der Waals surface area (Å²) in [4.78, 5) is 18.2. The second-order valence-corrected chi connectivity index (χ2v) is 9.46. The van der Waals surface area contributed by atoms with E-state index in [9.17, 15) is 9.90 Å². The van der Waals surface area contributed by atoms with Crippen LogP contribution in [-0.2, 0) is 0 Å². The molecule has 0 bridgehead atoms. The average molecular weight is 533 g/mol. The fourth-order valence-electron chi connectivity index (χ4n) is 4.50. The van der Waals surface area contributed by atoms with Crippen molar-refractivity contribution < 1.29 is 14.3 Å². The molecule has 188 valence electrons. The molecule has 0 saturated carbocycles. The van der Waals surface area contributed by atoms with E-state index in [1.807, 2.05) is 60.7 Å². The maximum Gasteiger partial charge on any atom is 0.335 e. The number of benzene rings is 2. The number of carbonyl (C=O) groups is 1. The van der Waals surface area contributed by atoms with E-state index in [4.69, 9.17) is 28.2 Å². The minimum absolute atomic E-state index is 0.139. The largest absolute Gasteiger partial charge is 0.478 e. The number of hydrogen-bond acceptors (Lipinski definition) is 5. The average Bonchev–Trinajstić information content (AvgIpc) is 3.52. The number of carboxylic acids is 1. The van der Waals surface area contributed by atoms with Gasteiger partial charge in [0.05, 0.1) is 22.3 Å². The van der Waals surface area contributed by atoms with Crippen LogP contribution < -0.4 is 10.6 Å². The third kappa shape index (κ3) is 5.45. The lowest BCUT2D eigenvalue weighted by atomic mass is 10.0. The highest BCUT2D eigenvalue weighted by Crippen LogP contribution is 2.41. The van der Waals surface area contributed by atoms with E-state index in [1.165, 1.54) is 12.1 Å². The first kappa shape index (κ1) is 24.8. The van der Waals surface area contributed by atoms with Crippen molar-refractivity contribution in [3.05, 3.63) is 107 Å². The van der Waals surface area contributed by atoms with Crippen LogP contribution in [0.25, 0.3) is 11.3 Å². The minimum atomic E-state index is -1.03. The zero-order valence-electron chi connectivity index (χ0n) is 19.8. The highest BCUT2D eigenvalue weighted by atomic mass is 35.5. The van der Waals surface area contributed by atoms with Gasteiger partial charge in [0, 0.05) is 30.5 Å². The normalized spacial score (nSPS) is 17.0. The van der Waals surface area contributed by atoms with Crippen molar-refractivity contribution in [2.75, 3.05) is 18.4 Å². The number of pyridine rings is 1. The molecular weight excluding hydrogens is 508 g/mol. The first-order chi connectivity index (χ1) is 18.0. The number of carboxylic acid groups (broad SMARTS) is 1. The molecule has 2 aromatic heterocycles. The fraction of sp³-hybridized carbons (Fsp3) is 0.179. The van der Waals surface area contributed by atoms with Gasteiger partial charge < -0.3 is 25.1 Å². The van der Waals surface area contributed by atoms with Crippen LogP contribution >= 0.6 is 23.8 Å². The summed E-state index contributed by atoms with van der Waals surface area (Å²) >= 11 is 12.1. The first-order valence-electron chi connectivity index (χ1n) is 11.9. The van der Waals surface area contributed by atoms with Gasteiger partial charge in [0.25, 0.3) is 0 Å². The Morgan fingerprint density at radius 1 is 1.11 bits per heavy atom. The van der Waals surface area contributed by atoms with E-state index >= 15 is 0 Å². The lowest BCUT2D eigenvalue weighted by Crippen LogP contribution is -2.31. The molecular formula is C28H25ClN4O3S. The molecule has 2 atom stereocenters. The monoisotopic (exact) mass is 532 g/mol. The van der Waals surface area contributed by atoms with Gasteiger partial charge in [0.15, 0.2) is 5.11 Å². The lowest BCUT2D eigenvalue weighted by molar-refractivity contribution is 0.0697. The molecule has 37 heavy (non-hydrogen) atoms. The van der Waals surface area contributed by atoms with Gasteiger partial charge in [0.2, 0.25) is 0 Å². The number of nitrogens with zero attached hydrogens (tertiary/aromatic N) is 2. The van der Waals surface area contributed by atoms with Gasteiger partial charge in [-0.3, -0.25) is 4.98 Å². The van der Waals surface area contributed by atoms with Crippen LogP contribution in [0.4, 0.5) is 5.69 Å². The molecule has 1 aliphatic rings. The first-order valence-corrected chi connectivity index (χ1v) is 12.7. The quantitative estimate of drug-likeness (QED) is 0.174. The third-order valence-electron chi connectivity index (χ3n) is 6.27. The Balaban J connectivity index is 1.41. The molecule has 1 aliphatic heterocycles. The molecule has 1 fully saturated rings. The van der Waals surface area contributed by atoms with Crippen molar-refractivity contribution in [3.63, 3.8) is 0 Å². The highest BCUT2D eigenvalue weighted by molar-refractivity contribution is 7.80. The molecule has 0 unspecified atom stereocenters. The molecule has 0 spiro atoms. The Hall–Kier alpha value is -3.88. The molecule has 7 nitrogen and oxygen atoms in total. The minimum Gasteiger partial charge on any atom is -0.478 e. The lowest BCUT2D eigenvalue weighted by Gasteiger charge is -2.26. The summed E-state index contributed by atoms with van der Waals surface area (Å²) in [5.74, 6) is 0.151. The molecule has 3 N–H and O–H groups in total. The Morgan fingerprint density at radius 2 is 1.92 bits per heavy atom. The van der Waals surface area contributed by atoms with E-state index in [2.05, 4.69) is 20.5 Å². The highest BCUT2D eigenvalue weighted by Gasteiger charge is 2.41. The van der Waals surface area contributed by atoms with Crippen molar-refractivity contribution >= 4 is 40.6 Å². The van der Waals surface area contributed by atoms with Gasteiger partial charge in [-0.15, -0.1) is 0 Å². The Kier molecular flexibility index (Phi) is 7.39. The van der Waals surface area contributed by atoms with Crippen molar-refractivity contribution in [1.29, 1.82) is 0 Å². The Bertz CT molecular complexity index is 1400. The SMILES string of the molecule is O=C(O)c1ccc(Cl)c(-c2ccc([C@H]3[C@H](c4ccccn4)NC(=S)N3CCCNc3ccccc3)o2)c1. The number of anilines is 1. The van der Waals surface area contributed by atoms with Crippen molar-refractivity contribution in [1.82, 2.24) is 15.2 Å². The van der Waals surface area contributed by atoms with E-state index in [1.54, 1.807) is 12.3 Å². The number of furan rings is 1. The summed E-state index contributed by atoms with van der Waals surface area (Å²) in [5.41, 5.74) is 2.58. The molecule has 2 aromatic carbocycles. The van der Waals surface area contributed by atoms with Crippen molar-refractivity contribution in [3.8, 4) is 11.3 Å². The van der Waals surface area contributed by atoms with Gasteiger partial charge in [-0.2, -0.15) is 0 Å². The Morgan fingerprint density at radius 3 is 2.68 bits per heavy atom. The number of rotatable bonds is 9. The molecule has 0 amide bonds. The van der Waals surface area contributed by atoms with Crippen molar-refractivity contribution in [2.24, 2.45) is 0 Å². The van der Waals surface area contributed by atoms with Gasteiger partial charge in [0.1, 0.15) is 17.6 Å². The van der Waals surface area contributed by atoms with Gasteiger partial charge in [-0.1, -0.05) is 35.9 Å². The van der Waals surface area contributed by atoms with Crippen LogP contribution in [0, 0.1) is 0 Å². The number of nitrogens with one attached hydrogen (secondary N) is 2. The summed E-state index contributed by atoms with van der Waals surface area (Å²) in [6, 6.07) is 23.7. The second kappa shape index (κ2) is 11.0. The summed E-state index contributed by atoms with van der Waals surface area (Å²) < 4.78 is 6.31. The Labute approximate surface area is 225 Å². The number of aromatic nitrogens is 1. The van der Waals surface area contributed by atoms with Crippen LogP contribution in [0.1, 0.15) is 40.3 Å². The molecule has 3 heterocycles. The number of para-hydroxylation sites is 1. The molecule has 9 heteroatoms. The van der Waals surface area contributed by atoms with Crippen LogP contribution in [-0.4, -0.2) is 39.2 Å². The summed E-state index contributed by atoms with van der Waals surface area (Å²) in [6.45, 7) is 1.48. The molecule has 0 aliphatic carbocycles. The van der Waals surface area contributed by atoms with Crippen LogP contribution in [0.2, 0.25) is 5.02 Å². The summed E-state index contributed by atoms with van der Waals surface area (Å²) in [6.07, 6.45) is 2.61. The maximum absolute atomic E-state index is 11.5. The number of thiocarbonyl (C=S) groups is 1. The zero-order valence-corrected chi connectivity index (χ0v) is 21.4. The fourth-order valence-corrected chi connectivity index (χ4v) is 5.04. The second-order valence-electron chi connectivity index (χ2n) is 8.67. The summed E-state index contributed by atoms with van der Waals surface area (Å²) in [5, 5.41) is 17.3. The van der Waals surface area contributed by atoms with Crippen LogP contribution in [0.15, 0.2) is 89.5 Å². The summed E-state index contributed by atoms with van der Waals surface area (Å²) in [7, 11) is 0. The van der Waals surface area contributed by atoms with E-state index in [0.717, 1.165) is 24.3 Å². The molecule has 4 aromatic rings. The smallest absolute Gasteiger partial charge is 0.335 e. The van der Waals surface area contributed by atoms with Crippen LogP contribution in [0.3, 0.4) is 0 Å². The third-order valence-corrected chi connectivity index (χ3v) is 6.96. The number of hydrogen-bond donors (Lipinski definition) is 3. The predicted molar refractivity (Wildman–Crippen MR) is 148 cm³/mol. The van der Waals surface area contributed by atoms with E-state index in [0.29, 0.717) is 33.8 Å². The number of aromatic carboxylic acids is 1. The van der Waals surface area contributed by atoms with Crippen LogP contribution in [0.5, 0.6) is 0 Å². The van der Waals surface area contributed by atoms with E-state index < -0.39 is 5.97 Å². The van der Waals surface area contributed by atoms with Crippen molar-refractivity contribution in [2.45, 2.75) is 18.5 Å². The predicted octanol–water partition coefficient (Wildman–Crippen LogP) is 6.17. The van der Waals surface area contributed by atoms with Gasteiger partial charge >= 0.3 is 5.97 Å². The van der Waals surface area contributed by atoms with E-state index in [-0.39, 0.29) is 17.6 Å². The standard InChI is InChI=1S/C28H25ClN4O3S/c29-21-11-10-18(27(34)35)17-20(21)23-12-13-24(36-23)26-25(22-9-4-5-14-31-22)32-28(37)33(26)16-6-15-30-19-7-2-1-3-8-19/h1-5,7-14,17,25-26,30H,6,15-16H2,(H,32,37)(H,34,35)/t25-,26-/m0/s1. The maximum atomic E-state index is 11.5. The zero-order chi connectivity index (χ0) is 25.8. The van der Waals surface area contributed by atoms with Gasteiger partial charge in [-0.05, 0) is 73.2 Å². The number of halogens is 1. The molecule has 1 saturated heterocycles. The topological polar surface area (TPSA) is 90.6 Å². The molecule has 0 radical (unpaired) electrons.